The third-order valence-electron chi connectivity index (χ3n) is 3.01. The average Bonchev–Trinajstić information content (AvgIpc) is 2.71. The molecule has 2 rings (SSSR count). The topological polar surface area (TPSA) is 84.5 Å². The molecule has 0 aliphatic rings. The summed E-state index contributed by atoms with van der Waals surface area (Å²) in [6, 6.07) is 3.40. The zero-order valence-corrected chi connectivity index (χ0v) is 13.1. The highest BCUT2D eigenvalue weighted by atomic mass is 35.5. The quantitative estimate of drug-likeness (QED) is 0.343. The van der Waals surface area contributed by atoms with Crippen molar-refractivity contribution < 1.29 is 27.3 Å². The molecular weight excluding hydrogens is 320 g/mol. The van der Waals surface area contributed by atoms with Crippen LogP contribution in [0.15, 0.2) is 18.5 Å². The Morgan fingerprint density at radius 2 is 2.14 bits per heavy atom. The fourth-order valence-electron chi connectivity index (χ4n) is 2.11. The molecule has 0 saturated heterocycles. The lowest BCUT2D eigenvalue weighted by atomic mass is 10.2. The molecule has 0 amide bonds. The van der Waals surface area contributed by atoms with Crippen molar-refractivity contribution in [3.63, 3.8) is 0 Å². The van der Waals surface area contributed by atoms with Crippen LogP contribution in [0.2, 0.25) is 5.02 Å². The standard InChI is InChI=1S/C12H15ClN2O5S/c1-3-14-7-15(8-21(16,17)18)11-4-9(6-20-19-2)10(13)5-12(11)14/h4-5,7H,3,6,8H2,1-2H3. The second-order valence-electron chi connectivity index (χ2n) is 4.42. The molecule has 21 heavy (non-hydrogen) atoms. The molecule has 0 N–H and O–H groups in total. The van der Waals surface area contributed by atoms with Crippen molar-refractivity contribution in [1.82, 2.24) is 4.57 Å². The molecule has 2 aromatic rings. The summed E-state index contributed by atoms with van der Waals surface area (Å²) in [5.74, 6) is -0.636. The predicted molar refractivity (Wildman–Crippen MR) is 74.3 cm³/mol. The fourth-order valence-corrected chi connectivity index (χ4v) is 2.86. The van der Waals surface area contributed by atoms with Crippen molar-refractivity contribution in [2.75, 3.05) is 7.11 Å². The molecule has 1 heterocycles. The van der Waals surface area contributed by atoms with Gasteiger partial charge in [0, 0.05) is 11.6 Å². The third-order valence-corrected chi connectivity index (χ3v) is 3.96. The van der Waals surface area contributed by atoms with Crippen LogP contribution in [-0.4, -0.2) is 24.6 Å². The summed E-state index contributed by atoms with van der Waals surface area (Å²) >= 11 is 6.17. The number of fused-ring (bicyclic) bond motifs is 1. The van der Waals surface area contributed by atoms with Crippen molar-refractivity contribution in [3.8, 4) is 0 Å². The van der Waals surface area contributed by atoms with Gasteiger partial charge in [0.2, 0.25) is 6.33 Å². The van der Waals surface area contributed by atoms with Crippen molar-refractivity contribution in [1.29, 1.82) is 0 Å². The van der Waals surface area contributed by atoms with Gasteiger partial charge in [-0.15, -0.1) is 0 Å². The summed E-state index contributed by atoms with van der Waals surface area (Å²) in [5, 5.41) is 0.476. The highest BCUT2D eigenvalue weighted by Gasteiger charge is 2.19. The number of aromatic nitrogens is 2. The first-order chi connectivity index (χ1) is 9.85. The Balaban J connectivity index is 2.58. The molecule has 0 spiro atoms. The van der Waals surface area contributed by atoms with Crippen LogP contribution < -0.4 is 4.57 Å². The Labute approximate surface area is 127 Å². The van der Waals surface area contributed by atoms with Gasteiger partial charge >= 0.3 is 0 Å². The van der Waals surface area contributed by atoms with Crippen molar-refractivity contribution >= 4 is 32.8 Å². The van der Waals surface area contributed by atoms with Gasteiger partial charge in [0.25, 0.3) is 0 Å². The number of benzene rings is 1. The Morgan fingerprint density at radius 1 is 1.43 bits per heavy atom. The minimum Gasteiger partial charge on any atom is -0.745 e. The summed E-state index contributed by atoms with van der Waals surface area (Å²) < 4.78 is 36.2. The number of imidazole rings is 1. The van der Waals surface area contributed by atoms with E-state index in [4.69, 9.17) is 16.5 Å². The van der Waals surface area contributed by atoms with Gasteiger partial charge in [-0.3, -0.25) is 0 Å². The van der Waals surface area contributed by atoms with E-state index in [2.05, 4.69) is 4.89 Å². The molecule has 0 fully saturated rings. The summed E-state index contributed by atoms with van der Waals surface area (Å²) in [4.78, 5) is 9.38. The molecule has 0 aliphatic carbocycles. The van der Waals surface area contributed by atoms with Crippen LogP contribution in [0, 0.1) is 0 Å². The lowest BCUT2D eigenvalue weighted by Crippen LogP contribution is -2.36. The van der Waals surface area contributed by atoms with E-state index in [0.29, 0.717) is 22.6 Å². The molecule has 116 valence electrons. The van der Waals surface area contributed by atoms with E-state index < -0.39 is 16.0 Å². The average molecular weight is 335 g/mol. The van der Waals surface area contributed by atoms with Crippen molar-refractivity contribution in [3.05, 3.63) is 29.0 Å². The van der Waals surface area contributed by atoms with E-state index in [1.165, 1.54) is 11.7 Å². The van der Waals surface area contributed by atoms with Gasteiger partial charge in [-0.05, 0) is 13.0 Å². The van der Waals surface area contributed by atoms with Gasteiger partial charge in [-0.25, -0.2) is 27.3 Å². The van der Waals surface area contributed by atoms with Crippen LogP contribution in [0.5, 0.6) is 0 Å². The van der Waals surface area contributed by atoms with Crippen LogP contribution in [-0.2, 0) is 38.9 Å². The molecule has 1 aromatic heterocycles. The zero-order chi connectivity index (χ0) is 15.6. The summed E-state index contributed by atoms with van der Waals surface area (Å²) in [5.41, 5.74) is 1.97. The van der Waals surface area contributed by atoms with Gasteiger partial charge in [-0.2, -0.15) is 0 Å². The first-order valence-electron chi connectivity index (χ1n) is 6.15. The molecule has 0 unspecified atom stereocenters. The maximum atomic E-state index is 11.0. The molecule has 0 bridgehead atoms. The minimum atomic E-state index is -4.39. The smallest absolute Gasteiger partial charge is 0.245 e. The van der Waals surface area contributed by atoms with Gasteiger partial charge < -0.3 is 4.55 Å². The molecule has 1 aromatic carbocycles. The first-order valence-corrected chi connectivity index (χ1v) is 8.11. The number of halogens is 1. The largest absolute Gasteiger partial charge is 0.745 e. The van der Waals surface area contributed by atoms with Crippen LogP contribution in [0.3, 0.4) is 0 Å². The zero-order valence-electron chi connectivity index (χ0n) is 11.6. The fraction of sp³-hybridized carbons (Fsp3) is 0.417. The summed E-state index contributed by atoms with van der Waals surface area (Å²) in [7, 11) is -3.01. The SMILES string of the molecule is CCn1c[n+](CS(=O)(=O)[O-])c2cc(COOC)c(Cl)cc21. The lowest BCUT2D eigenvalue weighted by Gasteiger charge is -2.05. The molecule has 0 saturated carbocycles. The Kier molecular flexibility index (Phi) is 4.84. The predicted octanol–water partition coefficient (Wildman–Crippen LogP) is 1.18. The van der Waals surface area contributed by atoms with E-state index >= 15 is 0 Å². The Hall–Kier alpha value is -1.19. The highest BCUT2D eigenvalue weighted by Crippen LogP contribution is 2.23. The molecule has 0 radical (unpaired) electrons. The molecule has 0 atom stereocenters. The normalized spacial score (nSPS) is 12.2. The second kappa shape index (κ2) is 6.29. The van der Waals surface area contributed by atoms with Gasteiger partial charge in [-0.1, -0.05) is 11.6 Å². The van der Waals surface area contributed by atoms with Crippen LogP contribution >= 0.6 is 11.6 Å². The van der Waals surface area contributed by atoms with Gasteiger partial charge in [0.15, 0.2) is 16.9 Å². The number of nitrogens with zero attached hydrogens (tertiary/aromatic N) is 2. The maximum Gasteiger partial charge on any atom is 0.245 e. The van der Waals surface area contributed by atoms with Crippen molar-refractivity contribution in [2.45, 2.75) is 26.0 Å². The summed E-state index contributed by atoms with van der Waals surface area (Å²) in [6.07, 6.45) is 1.58. The molecular formula is C12H15ClN2O5S. The first kappa shape index (κ1) is 16.2. The van der Waals surface area contributed by atoms with Crippen LogP contribution in [0.4, 0.5) is 0 Å². The molecule has 9 heteroatoms. The van der Waals surface area contributed by atoms with E-state index in [1.807, 2.05) is 11.5 Å². The third kappa shape index (κ3) is 3.72. The highest BCUT2D eigenvalue weighted by molar-refractivity contribution is 7.84. The van der Waals surface area contributed by atoms with Crippen molar-refractivity contribution in [2.24, 2.45) is 0 Å². The van der Waals surface area contributed by atoms with Crippen LogP contribution in [0.1, 0.15) is 12.5 Å². The van der Waals surface area contributed by atoms with E-state index in [9.17, 15) is 13.0 Å². The number of aryl methyl sites for hydroxylation is 1. The van der Waals surface area contributed by atoms with E-state index in [1.54, 1.807) is 18.5 Å². The minimum absolute atomic E-state index is 0.118. The van der Waals surface area contributed by atoms with E-state index in [0.717, 1.165) is 5.52 Å². The second-order valence-corrected chi connectivity index (χ2v) is 6.20. The van der Waals surface area contributed by atoms with Crippen LogP contribution in [0.25, 0.3) is 11.0 Å². The molecule has 7 nitrogen and oxygen atoms in total. The maximum absolute atomic E-state index is 11.0. The monoisotopic (exact) mass is 334 g/mol. The Bertz CT molecular complexity index is 757. The van der Waals surface area contributed by atoms with Gasteiger partial charge in [0.05, 0.1) is 18.7 Å². The molecule has 0 aliphatic heterocycles. The Morgan fingerprint density at radius 3 is 2.71 bits per heavy atom. The van der Waals surface area contributed by atoms with E-state index in [-0.39, 0.29) is 6.61 Å². The van der Waals surface area contributed by atoms with Gasteiger partial charge in [0.1, 0.15) is 16.7 Å². The lowest BCUT2D eigenvalue weighted by molar-refractivity contribution is -0.652. The summed E-state index contributed by atoms with van der Waals surface area (Å²) in [6.45, 7) is 2.64. The number of hydrogen-bond donors (Lipinski definition) is 0. The number of rotatable bonds is 6. The number of hydrogen-bond acceptors (Lipinski definition) is 5.